The van der Waals surface area contributed by atoms with Crippen LogP contribution in [0.25, 0.3) is 0 Å². The van der Waals surface area contributed by atoms with Gasteiger partial charge in [0.25, 0.3) is 0 Å². The lowest BCUT2D eigenvalue weighted by molar-refractivity contribution is 1.15. The Balaban J connectivity index is 1.67. The Labute approximate surface area is 141 Å². The molecule has 3 rings (SSSR count). The van der Waals surface area contributed by atoms with Gasteiger partial charge in [0, 0.05) is 10.0 Å². The van der Waals surface area contributed by atoms with Gasteiger partial charge in [0.15, 0.2) is 0 Å². The van der Waals surface area contributed by atoms with Crippen molar-refractivity contribution in [2.75, 3.05) is 0 Å². The summed E-state index contributed by atoms with van der Waals surface area (Å²) in [7, 11) is 0. The predicted octanol–water partition coefficient (Wildman–Crippen LogP) is 6.18. The lowest BCUT2D eigenvalue weighted by Crippen LogP contribution is -1.91. The van der Waals surface area contributed by atoms with Gasteiger partial charge >= 0.3 is 0 Å². The zero-order chi connectivity index (χ0) is 15.4. The van der Waals surface area contributed by atoms with Crippen LogP contribution >= 0.6 is 23.2 Å². The minimum atomic E-state index is 0.780. The van der Waals surface area contributed by atoms with E-state index in [-0.39, 0.29) is 0 Å². The highest BCUT2D eigenvalue weighted by Gasteiger charge is 2.00. The SMILES string of the molecule is Clc1ccc(Cc2ccc(Cc3ccc(Cl)cc3)cc2)cc1. The van der Waals surface area contributed by atoms with Gasteiger partial charge in [-0.2, -0.15) is 0 Å². The molecule has 0 saturated carbocycles. The van der Waals surface area contributed by atoms with Crippen LogP contribution in [0.5, 0.6) is 0 Å². The van der Waals surface area contributed by atoms with E-state index in [2.05, 4.69) is 48.5 Å². The van der Waals surface area contributed by atoms with Crippen molar-refractivity contribution in [2.24, 2.45) is 0 Å². The lowest BCUT2D eigenvalue weighted by atomic mass is 10.0. The third-order valence-corrected chi connectivity index (χ3v) is 4.17. The van der Waals surface area contributed by atoms with Gasteiger partial charge in [0.1, 0.15) is 0 Å². The van der Waals surface area contributed by atoms with Crippen LogP contribution in [-0.4, -0.2) is 0 Å². The van der Waals surface area contributed by atoms with E-state index in [4.69, 9.17) is 23.2 Å². The molecule has 0 spiro atoms. The first-order chi connectivity index (χ1) is 10.7. The van der Waals surface area contributed by atoms with E-state index in [0.29, 0.717) is 0 Å². The first kappa shape index (κ1) is 15.1. The van der Waals surface area contributed by atoms with Crippen LogP contribution in [0.15, 0.2) is 72.8 Å². The van der Waals surface area contributed by atoms with Gasteiger partial charge in [-0.15, -0.1) is 0 Å². The topological polar surface area (TPSA) is 0 Å². The first-order valence-corrected chi connectivity index (χ1v) is 8.01. The van der Waals surface area contributed by atoms with Gasteiger partial charge in [-0.1, -0.05) is 71.7 Å². The van der Waals surface area contributed by atoms with Gasteiger partial charge in [-0.05, 0) is 59.4 Å². The third kappa shape index (κ3) is 4.13. The Hall–Kier alpha value is -1.76. The van der Waals surface area contributed by atoms with Crippen molar-refractivity contribution < 1.29 is 0 Å². The summed E-state index contributed by atoms with van der Waals surface area (Å²) in [5, 5.41) is 1.56. The molecule has 0 fully saturated rings. The Morgan fingerprint density at radius 1 is 0.409 bits per heavy atom. The van der Waals surface area contributed by atoms with Crippen molar-refractivity contribution in [3.8, 4) is 0 Å². The molecule has 3 aromatic carbocycles. The van der Waals surface area contributed by atoms with Gasteiger partial charge in [0.05, 0.1) is 0 Å². The van der Waals surface area contributed by atoms with Gasteiger partial charge < -0.3 is 0 Å². The summed E-state index contributed by atoms with van der Waals surface area (Å²) in [4.78, 5) is 0. The number of halogens is 2. The van der Waals surface area contributed by atoms with E-state index in [1.165, 1.54) is 22.3 Å². The van der Waals surface area contributed by atoms with E-state index in [1.54, 1.807) is 0 Å². The van der Waals surface area contributed by atoms with Crippen molar-refractivity contribution in [2.45, 2.75) is 12.8 Å². The van der Waals surface area contributed by atoms with Crippen LogP contribution in [-0.2, 0) is 12.8 Å². The fourth-order valence-electron chi connectivity index (χ4n) is 2.45. The molecule has 0 nitrogen and oxygen atoms in total. The Bertz CT molecular complexity index is 660. The summed E-state index contributed by atoms with van der Waals surface area (Å²) in [5.74, 6) is 0. The van der Waals surface area contributed by atoms with Crippen LogP contribution in [0.1, 0.15) is 22.3 Å². The predicted molar refractivity (Wildman–Crippen MR) is 95.0 cm³/mol. The molecule has 3 aromatic rings. The average Bonchev–Trinajstić information content (AvgIpc) is 2.54. The highest BCUT2D eigenvalue weighted by atomic mass is 35.5. The zero-order valence-corrected chi connectivity index (χ0v) is 13.6. The van der Waals surface area contributed by atoms with Gasteiger partial charge in [-0.3, -0.25) is 0 Å². The fourth-order valence-corrected chi connectivity index (χ4v) is 2.70. The summed E-state index contributed by atoms with van der Waals surface area (Å²) in [6.07, 6.45) is 1.86. The van der Waals surface area contributed by atoms with E-state index < -0.39 is 0 Å². The molecular weight excluding hydrogens is 311 g/mol. The molecule has 0 aliphatic carbocycles. The monoisotopic (exact) mass is 326 g/mol. The molecule has 0 saturated heterocycles. The highest BCUT2D eigenvalue weighted by Crippen LogP contribution is 2.17. The molecule has 0 bridgehead atoms. The summed E-state index contributed by atoms with van der Waals surface area (Å²) in [5.41, 5.74) is 5.16. The molecule has 2 heteroatoms. The number of hydrogen-bond donors (Lipinski definition) is 0. The summed E-state index contributed by atoms with van der Waals surface area (Å²) in [6.45, 7) is 0. The Kier molecular flexibility index (Phi) is 4.82. The molecule has 0 aliphatic rings. The van der Waals surface area contributed by atoms with E-state index in [9.17, 15) is 0 Å². The Morgan fingerprint density at radius 3 is 0.909 bits per heavy atom. The second-order valence-corrected chi connectivity index (χ2v) is 6.30. The molecular formula is C20H16Cl2. The second-order valence-electron chi connectivity index (χ2n) is 5.42. The van der Waals surface area contributed by atoms with Crippen molar-refractivity contribution >= 4 is 23.2 Å². The van der Waals surface area contributed by atoms with Crippen LogP contribution in [0.4, 0.5) is 0 Å². The minimum absolute atomic E-state index is 0.780. The molecule has 0 aromatic heterocycles. The normalized spacial score (nSPS) is 10.6. The molecule has 0 amide bonds. The molecule has 0 radical (unpaired) electrons. The summed E-state index contributed by atoms with van der Waals surface area (Å²) < 4.78 is 0. The van der Waals surface area contributed by atoms with Crippen molar-refractivity contribution in [3.05, 3.63) is 105 Å². The van der Waals surface area contributed by atoms with Gasteiger partial charge in [-0.25, -0.2) is 0 Å². The van der Waals surface area contributed by atoms with Crippen molar-refractivity contribution in [1.82, 2.24) is 0 Å². The first-order valence-electron chi connectivity index (χ1n) is 7.26. The average molecular weight is 327 g/mol. The highest BCUT2D eigenvalue weighted by molar-refractivity contribution is 6.30. The van der Waals surface area contributed by atoms with E-state index >= 15 is 0 Å². The Morgan fingerprint density at radius 2 is 0.636 bits per heavy atom. The zero-order valence-electron chi connectivity index (χ0n) is 12.1. The van der Waals surface area contributed by atoms with Crippen LogP contribution < -0.4 is 0 Å². The van der Waals surface area contributed by atoms with E-state index in [1.807, 2.05) is 24.3 Å². The lowest BCUT2D eigenvalue weighted by Gasteiger charge is -2.06. The van der Waals surface area contributed by atoms with Crippen LogP contribution in [0, 0.1) is 0 Å². The molecule has 0 atom stereocenters. The number of hydrogen-bond acceptors (Lipinski definition) is 0. The molecule has 0 unspecified atom stereocenters. The molecule has 0 heterocycles. The molecule has 110 valence electrons. The molecule has 22 heavy (non-hydrogen) atoms. The quantitative estimate of drug-likeness (QED) is 0.537. The van der Waals surface area contributed by atoms with Crippen LogP contribution in [0.2, 0.25) is 10.0 Å². The fraction of sp³-hybridized carbons (Fsp3) is 0.100. The van der Waals surface area contributed by atoms with Crippen LogP contribution in [0.3, 0.4) is 0 Å². The van der Waals surface area contributed by atoms with E-state index in [0.717, 1.165) is 22.9 Å². The minimum Gasteiger partial charge on any atom is -0.0843 e. The largest absolute Gasteiger partial charge is 0.0843 e. The maximum absolute atomic E-state index is 5.91. The molecule has 0 aliphatic heterocycles. The molecule has 0 N–H and O–H groups in total. The summed E-state index contributed by atoms with van der Waals surface area (Å²) >= 11 is 11.8. The summed E-state index contributed by atoms with van der Waals surface area (Å²) in [6, 6.07) is 24.8. The van der Waals surface area contributed by atoms with Crippen molar-refractivity contribution in [3.63, 3.8) is 0 Å². The second kappa shape index (κ2) is 7.00. The van der Waals surface area contributed by atoms with Crippen molar-refractivity contribution in [1.29, 1.82) is 0 Å². The standard InChI is InChI=1S/C20H16Cl2/c21-19-9-5-17(6-10-19)13-15-1-2-16(4-3-15)14-18-7-11-20(22)12-8-18/h1-12H,13-14H2. The number of benzene rings is 3. The maximum Gasteiger partial charge on any atom is 0.0406 e. The smallest absolute Gasteiger partial charge is 0.0406 e. The van der Waals surface area contributed by atoms with Gasteiger partial charge in [0.2, 0.25) is 0 Å². The maximum atomic E-state index is 5.91. The third-order valence-electron chi connectivity index (χ3n) is 3.67. The number of rotatable bonds is 4.